The minimum atomic E-state index is -0.335. The predicted octanol–water partition coefficient (Wildman–Crippen LogP) is 7.28. The Morgan fingerprint density at radius 2 is 1.33 bits per heavy atom. The Kier molecular flexibility index (Phi) is 9.11. The zero-order valence-electron chi connectivity index (χ0n) is 22.3. The molecule has 0 heterocycles. The smallest absolute Gasteiger partial charge is 0.180 e. The molecule has 0 aromatic heterocycles. The Balaban J connectivity index is 1.68. The number of fused-ring (bicyclic) bond motifs is 2. The Labute approximate surface area is 216 Å². The molecule has 2 aromatic rings. The fraction of sp³-hybridized carbons (Fsp3) is 0.484. The van der Waals surface area contributed by atoms with Gasteiger partial charge < -0.3 is 23.7 Å². The minimum absolute atomic E-state index is 0.105. The first kappa shape index (κ1) is 26.3. The molecular weight excluding hydrogens is 452 g/mol. The maximum atomic E-state index is 6.27. The van der Waals surface area contributed by atoms with Gasteiger partial charge >= 0.3 is 0 Å². The van der Waals surface area contributed by atoms with Crippen molar-refractivity contribution in [3.63, 3.8) is 0 Å². The van der Waals surface area contributed by atoms with Gasteiger partial charge in [0.05, 0.1) is 25.4 Å². The van der Waals surface area contributed by atoms with Crippen molar-refractivity contribution in [3.8, 4) is 5.75 Å². The van der Waals surface area contributed by atoms with Crippen LogP contribution >= 0.6 is 0 Å². The van der Waals surface area contributed by atoms with Crippen molar-refractivity contribution in [1.29, 1.82) is 0 Å². The molecule has 5 heteroatoms. The van der Waals surface area contributed by atoms with Gasteiger partial charge in [0, 0.05) is 25.0 Å². The molecule has 2 aliphatic rings. The highest BCUT2D eigenvalue weighted by molar-refractivity contribution is 5.77. The van der Waals surface area contributed by atoms with Crippen molar-refractivity contribution in [1.82, 2.24) is 0 Å². The van der Waals surface area contributed by atoms with E-state index in [9.17, 15) is 0 Å². The lowest BCUT2D eigenvalue weighted by Crippen LogP contribution is -2.23. The van der Waals surface area contributed by atoms with Crippen LogP contribution in [0.25, 0.3) is 11.8 Å². The van der Waals surface area contributed by atoms with E-state index in [4.69, 9.17) is 23.7 Å². The fourth-order valence-electron chi connectivity index (χ4n) is 5.53. The molecule has 2 unspecified atom stereocenters. The molecule has 0 N–H and O–H groups in total. The van der Waals surface area contributed by atoms with Crippen LogP contribution in [0.15, 0.2) is 53.8 Å². The van der Waals surface area contributed by atoms with Crippen LogP contribution in [0.5, 0.6) is 5.75 Å². The van der Waals surface area contributed by atoms with Crippen LogP contribution in [0.2, 0.25) is 0 Å². The van der Waals surface area contributed by atoms with Gasteiger partial charge in [-0.3, -0.25) is 0 Å². The third-order valence-electron chi connectivity index (χ3n) is 6.84. The Hall–Kier alpha value is -2.76. The van der Waals surface area contributed by atoms with Gasteiger partial charge in [0.25, 0.3) is 0 Å². The summed E-state index contributed by atoms with van der Waals surface area (Å²) in [5, 5.41) is 0. The maximum absolute atomic E-state index is 6.27. The first-order valence-electron chi connectivity index (χ1n) is 13.5. The van der Waals surface area contributed by atoms with Gasteiger partial charge in [-0.1, -0.05) is 36.4 Å². The van der Waals surface area contributed by atoms with Crippen LogP contribution in [0.4, 0.5) is 0 Å². The van der Waals surface area contributed by atoms with Crippen molar-refractivity contribution in [2.75, 3.05) is 33.0 Å². The second kappa shape index (κ2) is 12.5. The van der Waals surface area contributed by atoms with Crippen LogP contribution in [0, 0.1) is 0 Å². The number of hydrogen-bond donors (Lipinski definition) is 0. The molecule has 0 radical (unpaired) electrons. The lowest BCUT2D eigenvalue weighted by molar-refractivity contribution is -0.113. The summed E-state index contributed by atoms with van der Waals surface area (Å²) < 4.78 is 30.6. The molecule has 0 bridgehead atoms. The first-order valence-corrected chi connectivity index (χ1v) is 13.5. The SMILES string of the molecule is CCOC1=C(OCC)C(CCC2C(C(OCC)OCC)=Cc3ccccc32)c2cccc(OCC)c21. The van der Waals surface area contributed by atoms with Gasteiger partial charge in [-0.05, 0) is 81.9 Å². The summed E-state index contributed by atoms with van der Waals surface area (Å²) in [6.07, 6.45) is 3.78. The molecule has 194 valence electrons. The quantitative estimate of drug-likeness (QED) is 0.259. The Morgan fingerprint density at radius 1 is 0.667 bits per heavy atom. The molecule has 0 aliphatic heterocycles. The third kappa shape index (κ3) is 5.18. The van der Waals surface area contributed by atoms with E-state index in [1.807, 2.05) is 40.7 Å². The van der Waals surface area contributed by atoms with E-state index in [1.54, 1.807) is 0 Å². The van der Waals surface area contributed by atoms with Gasteiger partial charge in [0.2, 0.25) is 0 Å². The molecule has 0 fully saturated rings. The molecule has 0 saturated carbocycles. The molecule has 0 saturated heterocycles. The maximum Gasteiger partial charge on any atom is 0.180 e. The lowest BCUT2D eigenvalue weighted by Gasteiger charge is -2.26. The van der Waals surface area contributed by atoms with Crippen LogP contribution in [-0.2, 0) is 18.9 Å². The standard InChI is InChI=1S/C31H40O5/c1-6-32-27-17-13-16-24-25(29(33-7-2)30(28(24)27)34-8-3)19-18-23-22-15-12-11-14-21(22)20-26(23)31(35-9-4)36-10-5/h11-17,20,23,25,31H,6-10,18-19H2,1-5H3. The minimum Gasteiger partial charge on any atom is -0.494 e. The topological polar surface area (TPSA) is 46.2 Å². The Bertz CT molecular complexity index is 1080. The molecule has 2 aromatic carbocycles. The van der Waals surface area contributed by atoms with E-state index < -0.39 is 0 Å². The highest BCUT2D eigenvalue weighted by Crippen LogP contribution is 2.51. The van der Waals surface area contributed by atoms with Crippen molar-refractivity contribution >= 4 is 11.8 Å². The second-order valence-corrected chi connectivity index (χ2v) is 8.91. The largest absolute Gasteiger partial charge is 0.494 e. The second-order valence-electron chi connectivity index (χ2n) is 8.91. The van der Waals surface area contributed by atoms with E-state index in [0.29, 0.717) is 33.0 Å². The number of rotatable bonds is 14. The van der Waals surface area contributed by atoms with Crippen LogP contribution in [0.3, 0.4) is 0 Å². The summed E-state index contributed by atoms with van der Waals surface area (Å²) in [5.41, 5.74) is 6.05. The van der Waals surface area contributed by atoms with E-state index in [-0.39, 0.29) is 18.1 Å². The van der Waals surface area contributed by atoms with Crippen LogP contribution < -0.4 is 4.74 Å². The monoisotopic (exact) mass is 492 g/mol. The predicted molar refractivity (Wildman–Crippen MR) is 144 cm³/mol. The van der Waals surface area contributed by atoms with E-state index in [0.717, 1.165) is 35.7 Å². The van der Waals surface area contributed by atoms with E-state index in [2.05, 4.69) is 42.5 Å². The zero-order valence-corrected chi connectivity index (χ0v) is 22.3. The van der Waals surface area contributed by atoms with Gasteiger partial charge in [0.15, 0.2) is 12.0 Å². The summed E-state index contributed by atoms with van der Waals surface area (Å²) in [6, 6.07) is 14.9. The lowest BCUT2D eigenvalue weighted by atomic mass is 9.85. The average Bonchev–Trinajstić information content (AvgIpc) is 3.39. The van der Waals surface area contributed by atoms with Crippen molar-refractivity contribution < 1.29 is 23.7 Å². The molecule has 4 rings (SSSR count). The number of hydrogen-bond acceptors (Lipinski definition) is 5. The zero-order chi connectivity index (χ0) is 25.5. The molecule has 2 aliphatic carbocycles. The fourth-order valence-corrected chi connectivity index (χ4v) is 5.53. The highest BCUT2D eigenvalue weighted by Gasteiger charge is 2.38. The molecule has 2 atom stereocenters. The van der Waals surface area contributed by atoms with E-state index in [1.165, 1.54) is 22.3 Å². The van der Waals surface area contributed by atoms with Gasteiger partial charge in [-0.25, -0.2) is 0 Å². The van der Waals surface area contributed by atoms with Gasteiger partial charge in [-0.2, -0.15) is 0 Å². The molecule has 5 nitrogen and oxygen atoms in total. The first-order chi connectivity index (χ1) is 17.7. The molecular formula is C31H40O5. The highest BCUT2D eigenvalue weighted by atomic mass is 16.7. The normalized spacial score (nSPS) is 18.3. The molecule has 0 amide bonds. The Morgan fingerprint density at radius 3 is 2.03 bits per heavy atom. The molecule has 36 heavy (non-hydrogen) atoms. The van der Waals surface area contributed by atoms with Gasteiger partial charge in [-0.15, -0.1) is 0 Å². The molecule has 0 spiro atoms. The number of ether oxygens (including phenoxy) is 5. The summed E-state index contributed by atoms with van der Waals surface area (Å²) >= 11 is 0. The van der Waals surface area contributed by atoms with E-state index >= 15 is 0 Å². The number of benzene rings is 2. The summed E-state index contributed by atoms with van der Waals surface area (Å²) in [5.74, 6) is 2.94. The summed E-state index contributed by atoms with van der Waals surface area (Å²) in [6.45, 7) is 13.1. The van der Waals surface area contributed by atoms with Crippen molar-refractivity contribution in [3.05, 3.63) is 76.1 Å². The van der Waals surface area contributed by atoms with Crippen LogP contribution in [0.1, 0.15) is 81.5 Å². The number of allylic oxidation sites excluding steroid dienone is 1. The van der Waals surface area contributed by atoms with Crippen molar-refractivity contribution in [2.45, 2.75) is 65.6 Å². The summed E-state index contributed by atoms with van der Waals surface area (Å²) in [4.78, 5) is 0. The van der Waals surface area contributed by atoms with Crippen LogP contribution in [-0.4, -0.2) is 39.3 Å². The van der Waals surface area contributed by atoms with Crippen molar-refractivity contribution in [2.24, 2.45) is 0 Å². The summed E-state index contributed by atoms with van der Waals surface area (Å²) in [7, 11) is 0. The third-order valence-corrected chi connectivity index (χ3v) is 6.84. The average molecular weight is 493 g/mol. The van der Waals surface area contributed by atoms with Gasteiger partial charge in [0.1, 0.15) is 11.5 Å².